The molecule has 7 heteroatoms. The molecule has 0 aromatic carbocycles. The molecule has 2 aliphatic rings. The van der Waals surface area contributed by atoms with Crippen molar-refractivity contribution in [3.05, 3.63) is 0 Å². The Kier molecular flexibility index (Phi) is 7.78. The number of likely N-dealkylation sites (tertiary alicyclic amines) is 1. The zero-order chi connectivity index (χ0) is 17.4. The third-order valence-corrected chi connectivity index (χ3v) is 4.53. The second-order valence-corrected chi connectivity index (χ2v) is 7.22. The van der Waals surface area contributed by atoms with Crippen molar-refractivity contribution < 1.29 is 14.3 Å². The Bertz CT molecular complexity index is 411. The maximum absolute atomic E-state index is 12.3. The minimum Gasteiger partial charge on any atom is -0.379 e. The van der Waals surface area contributed by atoms with Crippen LogP contribution in [0.5, 0.6) is 0 Å². The fraction of sp³-hybridized carbons (Fsp3) is 0.882. The molecular formula is C17H32N4O3. The third kappa shape index (κ3) is 6.65. The second-order valence-electron chi connectivity index (χ2n) is 7.22. The van der Waals surface area contributed by atoms with Gasteiger partial charge in [0.05, 0.1) is 19.8 Å². The summed E-state index contributed by atoms with van der Waals surface area (Å²) in [6.07, 6.45) is 2.19. The van der Waals surface area contributed by atoms with Gasteiger partial charge in [0.25, 0.3) is 0 Å². The minimum absolute atomic E-state index is 0.0518. The highest BCUT2D eigenvalue weighted by molar-refractivity contribution is 5.83. The van der Waals surface area contributed by atoms with Crippen LogP contribution in [0.2, 0.25) is 0 Å². The average molecular weight is 340 g/mol. The molecule has 2 rings (SSSR count). The highest BCUT2D eigenvalue weighted by Gasteiger charge is 2.25. The maximum Gasteiger partial charge on any atom is 0.317 e. The summed E-state index contributed by atoms with van der Waals surface area (Å²) in [6, 6.07) is -0.124. The van der Waals surface area contributed by atoms with Crippen LogP contribution in [-0.2, 0) is 9.53 Å². The topological polar surface area (TPSA) is 73.9 Å². The fourth-order valence-electron chi connectivity index (χ4n) is 3.20. The molecule has 0 aliphatic carbocycles. The predicted molar refractivity (Wildman–Crippen MR) is 92.8 cm³/mol. The molecule has 0 bridgehead atoms. The number of nitrogens with one attached hydrogen (secondary N) is 2. The molecule has 2 heterocycles. The van der Waals surface area contributed by atoms with Crippen LogP contribution in [-0.4, -0.2) is 80.8 Å². The molecule has 0 saturated carbocycles. The quantitative estimate of drug-likeness (QED) is 0.739. The van der Waals surface area contributed by atoms with Crippen LogP contribution >= 0.6 is 0 Å². The Morgan fingerprint density at radius 1 is 1.17 bits per heavy atom. The van der Waals surface area contributed by atoms with E-state index in [1.807, 2.05) is 18.7 Å². The Morgan fingerprint density at radius 2 is 1.92 bits per heavy atom. The van der Waals surface area contributed by atoms with Crippen molar-refractivity contribution in [1.82, 2.24) is 20.4 Å². The number of nitrogens with zero attached hydrogens (tertiary/aromatic N) is 2. The number of ether oxygens (including phenoxy) is 1. The van der Waals surface area contributed by atoms with Crippen molar-refractivity contribution in [2.75, 3.05) is 59.0 Å². The van der Waals surface area contributed by atoms with Crippen LogP contribution in [0.3, 0.4) is 0 Å². The van der Waals surface area contributed by atoms with Gasteiger partial charge < -0.3 is 20.3 Å². The van der Waals surface area contributed by atoms with Crippen LogP contribution < -0.4 is 10.6 Å². The largest absolute Gasteiger partial charge is 0.379 e. The van der Waals surface area contributed by atoms with E-state index in [0.29, 0.717) is 18.4 Å². The second kappa shape index (κ2) is 9.84. The van der Waals surface area contributed by atoms with Gasteiger partial charge in [-0.05, 0) is 24.7 Å². The van der Waals surface area contributed by atoms with Crippen molar-refractivity contribution >= 4 is 11.9 Å². The summed E-state index contributed by atoms with van der Waals surface area (Å²) in [6.45, 7) is 10.9. The summed E-state index contributed by atoms with van der Waals surface area (Å²) in [4.78, 5) is 28.3. The lowest BCUT2D eigenvalue weighted by atomic mass is 9.97. The predicted octanol–water partition coefficient (Wildman–Crippen LogP) is 0.512. The molecule has 0 unspecified atom stereocenters. The van der Waals surface area contributed by atoms with Crippen molar-refractivity contribution in [1.29, 1.82) is 0 Å². The van der Waals surface area contributed by atoms with E-state index in [0.717, 1.165) is 58.8 Å². The van der Waals surface area contributed by atoms with E-state index in [9.17, 15) is 9.59 Å². The van der Waals surface area contributed by atoms with Gasteiger partial charge in [-0.15, -0.1) is 0 Å². The first-order chi connectivity index (χ1) is 11.5. The molecule has 2 aliphatic heterocycles. The Morgan fingerprint density at radius 3 is 2.62 bits per heavy atom. The number of hydrogen-bond donors (Lipinski definition) is 2. The number of hydrogen-bond acceptors (Lipinski definition) is 4. The number of amides is 3. The van der Waals surface area contributed by atoms with Gasteiger partial charge in [-0.3, -0.25) is 9.69 Å². The fourth-order valence-corrected chi connectivity index (χ4v) is 3.20. The molecule has 2 saturated heterocycles. The number of piperidine rings is 1. The SMILES string of the molecule is CC(C)CNC(=O)CNC(=O)N1CCC[C@H](CN2CCOCC2)C1. The lowest BCUT2D eigenvalue weighted by Crippen LogP contribution is -2.50. The number of carbonyl (C=O) groups excluding carboxylic acids is 2. The van der Waals surface area contributed by atoms with Crippen LogP contribution in [0.4, 0.5) is 4.79 Å². The zero-order valence-corrected chi connectivity index (χ0v) is 15.1. The molecule has 2 fully saturated rings. The van der Waals surface area contributed by atoms with Gasteiger partial charge in [-0.25, -0.2) is 4.79 Å². The molecule has 1 atom stereocenters. The standard InChI is InChI=1S/C17H32N4O3/c1-14(2)10-18-16(22)11-19-17(23)21-5-3-4-15(13-21)12-20-6-8-24-9-7-20/h14-15H,3-13H2,1-2H3,(H,18,22)(H,19,23)/t15-/m1/s1. The lowest BCUT2D eigenvalue weighted by Gasteiger charge is -2.36. The van der Waals surface area contributed by atoms with Gasteiger partial charge >= 0.3 is 6.03 Å². The first kappa shape index (κ1) is 19.0. The van der Waals surface area contributed by atoms with Crippen molar-refractivity contribution in [2.45, 2.75) is 26.7 Å². The highest BCUT2D eigenvalue weighted by atomic mass is 16.5. The molecule has 0 radical (unpaired) electrons. The van der Waals surface area contributed by atoms with Crippen LogP contribution in [0, 0.1) is 11.8 Å². The van der Waals surface area contributed by atoms with Crippen molar-refractivity contribution in [3.8, 4) is 0 Å². The van der Waals surface area contributed by atoms with Crippen LogP contribution in [0.15, 0.2) is 0 Å². The van der Waals surface area contributed by atoms with E-state index in [1.54, 1.807) is 0 Å². The number of carbonyl (C=O) groups is 2. The number of urea groups is 1. The van der Waals surface area contributed by atoms with Gasteiger partial charge in [0.1, 0.15) is 0 Å². The van der Waals surface area contributed by atoms with E-state index >= 15 is 0 Å². The van der Waals surface area contributed by atoms with Gasteiger partial charge in [-0.1, -0.05) is 13.8 Å². The van der Waals surface area contributed by atoms with E-state index in [-0.39, 0.29) is 18.5 Å². The summed E-state index contributed by atoms with van der Waals surface area (Å²) < 4.78 is 5.38. The summed E-state index contributed by atoms with van der Waals surface area (Å²) in [5.41, 5.74) is 0. The molecule has 7 nitrogen and oxygen atoms in total. The average Bonchev–Trinajstić information content (AvgIpc) is 2.59. The Labute approximate surface area is 145 Å². The molecule has 138 valence electrons. The summed E-state index contributed by atoms with van der Waals surface area (Å²) in [5.74, 6) is 0.795. The lowest BCUT2D eigenvalue weighted by molar-refractivity contribution is -0.120. The van der Waals surface area contributed by atoms with Gasteiger partial charge in [0.15, 0.2) is 0 Å². The monoisotopic (exact) mass is 340 g/mol. The van der Waals surface area contributed by atoms with Crippen molar-refractivity contribution in [2.24, 2.45) is 11.8 Å². The van der Waals surface area contributed by atoms with E-state index in [4.69, 9.17) is 4.74 Å². The Hall–Kier alpha value is -1.34. The molecular weight excluding hydrogens is 308 g/mol. The van der Waals surface area contributed by atoms with Gasteiger partial charge in [0.2, 0.25) is 5.91 Å². The molecule has 3 amide bonds. The molecule has 24 heavy (non-hydrogen) atoms. The van der Waals surface area contributed by atoms with E-state index in [2.05, 4.69) is 15.5 Å². The summed E-state index contributed by atoms with van der Waals surface area (Å²) in [5, 5.41) is 5.55. The molecule has 0 spiro atoms. The van der Waals surface area contributed by atoms with E-state index in [1.165, 1.54) is 0 Å². The highest BCUT2D eigenvalue weighted by Crippen LogP contribution is 2.18. The molecule has 0 aromatic rings. The third-order valence-electron chi connectivity index (χ3n) is 4.53. The minimum atomic E-state index is -0.126. The molecule has 2 N–H and O–H groups in total. The maximum atomic E-state index is 12.3. The van der Waals surface area contributed by atoms with Gasteiger partial charge in [-0.2, -0.15) is 0 Å². The van der Waals surface area contributed by atoms with Crippen LogP contribution in [0.1, 0.15) is 26.7 Å². The van der Waals surface area contributed by atoms with Crippen LogP contribution in [0.25, 0.3) is 0 Å². The summed E-state index contributed by atoms with van der Waals surface area (Å²) in [7, 11) is 0. The van der Waals surface area contributed by atoms with Crippen molar-refractivity contribution in [3.63, 3.8) is 0 Å². The Balaban J connectivity index is 1.68. The first-order valence-electron chi connectivity index (χ1n) is 9.14. The first-order valence-corrected chi connectivity index (χ1v) is 9.14. The summed E-state index contributed by atoms with van der Waals surface area (Å²) >= 11 is 0. The number of morpholine rings is 1. The normalized spacial score (nSPS) is 22.5. The number of rotatable bonds is 6. The van der Waals surface area contributed by atoms with E-state index < -0.39 is 0 Å². The van der Waals surface area contributed by atoms with Gasteiger partial charge in [0, 0.05) is 39.3 Å². The smallest absolute Gasteiger partial charge is 0.317 e. The molecule has 0 aromatic heterocycles. The zero-order valence-electron chi connectivity index (χ0n) is 15.1.